The Morgan fingerprint density at radius 1 is 1.06 bits per heavy atom. The lowest BCUT2D eigenvalue weighted by molar-refractivity contribution is -0.114. The zero-order chi connectivity index (χ0) is 23.4. The van der Waals surface area contributed by atoms with E-state index in [4.69, 9.17) is 0 Å². The van der Waals surface area contributed by atoms with Crippen LogP contribution in [-0.4, -0.2) is 63.9 Å². The quantitative estimate of drug-likeness (QED) is 0.627. The van der Waals surface area contributed by atoms with Crippen molar-refractivity contribution in [3.8, 4) is 0 Å². The van der Waals surface area contributed by atoms with Gasteiger partial charge in [-0.2, -0.15) is 0 Å². The van der Waals surface area contributed by atoms with Gasteiger partial charge in [-0.05, 0) is 74.3 Å². The van der Waals surface area contributed by atoms with E-state index in [-0.39, 0.29) is 16.7 Å². The molecule has 2 fully saturated rings. The molecule has 2 aliphatic rings. The summed E-state index contributed by atoms with van der Waals surface area (Å²) in [5, 5.41) is 5.50. The van der Waals surface area contributed by atoms with E-state index >= 15 is 0 Å². The molecule has 9 heteroatoms. The van der Waals surface area contributed by atoms with Crippen molar-refractivity contribution in [2.45, 2.75) is 30.0 Å². The van der Waals surface area contributed by atoms with Gasteiger partial charge >= 0.3 is 0 Å². The second kappa shape index (κ2) is 10.2. The summed E-state index contributed by atoms with van der Waals surface area (Å²) in [6.45, 7) is 5.67. The number of carbonyl (C=O) groups is 1. The van der Waals surface area contributed by atoms with Crippen LogP contribution in [0, 0.1) is 11.7 Å². The van der Waals surface area contributed by atoms with Crippen LogP contribution in [0.5, 0.6) is 0 Å². The lowest BCUT2D eigenvalue weighted by Gasteiger charge is -2.43. The van der Waals surface area contributed by atoms with Crippen LogP contribution in [0.3, 0.4) is 0 Å². The molecular weight excluding hydrogens is 443 g/mol. The van der Waals surface area contributed by atoms with E-state index < -0.39 is 21.0 Å². The number of hydrogen-bond donors (Lipinski definition) is 2. The lowest BCUT2D eigenvalue weighted by Crippen LogP contribution is -2.56. The maximum atomic E-state index is 13.7. The third-order valence-corrected chi connectivity index (χ3v) is 8.70. The highest BCUT2D eigenvalue weighted by atomic mass is 32.2. The molecule has 2 N–H and O–H groups in total. The lowest BCUT2D eigenvalue weighted by atomic mass is 9.96. The van der Waals surface area contributed by atoms with Crippen LogP contribution in [0.2, 0.25) is 0 Å². The van der Waals surface area contributed by atoms with Gasteiger partial charge in [0.25, 0.3) is 0 Å². The van der Waals surface area contributed by atoms with Gasteiger partial charge < -0.3 is 15.5 Å². The van der Waals surface area contributed by atoms with Crippen LogP contribution in [0.1, 0.15) is 19.8 Å². The molecule has 0 bridgehead atoms. The van der Waals surface area contributed by atoms with Gasteiger partial charge in [0.1, 0.15) is 11.2 Å². The largest absolute Gasteiger partial charge is 0.369 e. The van der Waals surface area contributed by atoms with E-state index in [0.717, 1.165) is 37.3 Å². The van der Waals surface area contributed by atoms with E-state index in [0.29, 0.717) is 26.2 Å². The first-order valence-electron chi connectivity index (χ1n) is 11.4. The highest BCUT2D eigenvalue weighted by Crippen LogP contribution is 2.31. The Labute approximate surface area is 194 Å². The van der Waals surface area contributed by atoms with Crippen LogP contribution in [-0.2, 0) is 14.6 Å². The van der Waals surface area contributed by atoms with Gasteiger partial charge in [-0.3, -0.25) is 9.69 Å². The van der Waals surface area contributed by atoms with Crippen LogP contribution < -0.4 is 15.5 Å². The third kappa shape index (κ3) is 5.54. The number of rotatable bonds is 6. The van der Waals surface area contributed by atoms with Gasteiger partial charge in [0.15, 0.2) is 9.84 Å². The van der Waals surface area contributed by atoms with Crippen molar-refractivity contribution in [1.82, 2.24) is 10.2 Å². The van der Waals surface area contributed by atoms with Crippen molar-refractivity contribution < 1.29 is 17.6 Å². The molecule has 1 atom stereocenters. The van der Waals surface area contributed by atoms with Crippen molar-refractivity contribution in [3.63, 3.8) is 0 Å². The van der Waals surface area contributed by atoms with E-state index in [2.05, 4.69) is 20.4 Å². The standard InChI is InChI=1S/C24H31FN4O3S/c1-18(30)27-21-3-2-4-22(17-21)28-13-15-29(16-14-28)24(19-9-11-26-12-10-19)33(31,32)23-7-5-20(25)6-8-23/h2-8,17,19,24,26H,9-16H2,1H3,(H,27,30). The minimum absolute atomic E-state index is 0.0240. The Bertz CT molecular complexity index is 1060. The van der Waals surface area contributed by atoms with Gasteiger partial charge in [0.05, 0.1) is 4.90 Å². The summed E-state index contributed by atoms with van der Waals surface area (Å²) in [6.07, 6.45) is 1.59. The predicted octanol–water partition coefficient (Wildman–Crippen LogP) is 2.71. The molecule has 0 saturated carbocycles. The normalized spacial score (nSPS) is 19.3. The molecule has 2 saturated heterocycles. The fraction of sp³-hybridized carbons (Fsp3) is 0.458. The summed E-state index contributed by atoms with van der Waals surface area (Å²) in [4.78, 5) is 15.9. The minimum Gasteiger partial charge on any atom is -0.369 e. The number of hydrogen-bond acceptors (Lipinski definition) is 6. The Hall–Kier alpha value is -2.49. The van der Waals surface area contributed by atoms with Gasteiger partial charge in [-0.15, -0.1) is 0 Å². The van der Waals surface area contributed by atoms with Gasteiger partial charge in [0, 0.05) is 44.5 Å². The summed E-state index contributed by atoms with van der Waals surface area (Å²) in [5.74, 6) is -0.536. The molecule has 33 heavy (non-hydrogen) atoms. The van der Waals surface area contributed by atoms with Crippen molar-refractivity contribution in [1.29, 1.82) is 0 Å². The number of piperidine rings is 1. The van der Waals surface area contributed by atoms with Crippen LogP contribution in [0.25, 0.3) is 0 Å². The number of amides is 1. The minimum atomic E-state index is -3.65. The first-order valence-corrected chi connectivity index (χ1v) is 13.0. The average molecular weight is 475 g/mol. The van der Waals surface area contributed by atoms with Crippen LogP contribution in [0.4, 0.5) is 15.8 Å². The van der Waals surface area contributed by atoms with Gasteiger partial charge in [-0.25, -0.2) is 12.8 Å². The average Bonchev–Trinajstić information content (AvgIpc) is 2.80. The summed E-state index contributed by atoms with van der Waals surface area (Å²) >= 11 is 0. The number of benzene rings is 2. The monoisotopic (exact) mass is 474 g/mol. The zero-order valence-corrected chi connectivity index (χ0v) is 19.7. The second-order valence-electron chi connectivity index (χ2n) is 8.73. The molecule has 0 radical (unpaired) electrons. The highest BCUT2D eigenvalue weighted by molar-refractivity contribution is 7.92. The van der Waals surface area contributed by atoms with Crippen LogP contribution in [0.15, 0.2) is 53.4 Å². The number of nitrogens with one attached hydrogen (secondary N) is 2. The topological polar surface area (TPSA) is 81.8 Å². The second-order valence-corrected chi connectivity index (χ2v) is 10.8. The Morgan fingerprint density at radius 3 is 2.36 bits per heavy atom. The summed E-state index contributed by atoms with van der Waals surface area (Å²) in [7, 11) is -3.65. The van der Waals surface area contributed by atoms with E-state index in [1.54, 1.807) is 0 Å². The van der Waals surface area contributed by atoms with E-state index in [9.17, 15) is 17.6 Å². The van der Waals surface area contributed by atoms with Crippen molar-refractivity contribution >= 4 is 27.1 Å². The zero-order valence-electron chi connectivity index (χ0n) is 18.8. The number of anilines is 2. The Morgan fingerprint density at radius 2 is 1.73 bits per heavy atom. The maximum Gasteiger partial charge on any atom is 0.221 e. The molecule has 178 valence electrons. The number of halogens is 1. The molecule has 0 aromatic heterocycles. The molecule has 0 spiro atoms. The summed E-state index contributed by atoms with van der Waals surface area (Å²) in [6, 6.07) is 12.9. The summed E-state index contributed by atoms with van der Waals surface area (Å²) in [5.41, 5.74) is 1.75. The molecular formula is C24H31FN4O3S. The predicted molar refractivity (Wildman–Crippen MR) is 127 cm³/mol. The first kappa shape index (κ1) is 23.7. The van der Waals surface area contributed by atoms with Crippen LogP contribution >= 0.6 is 0 Å². The number of nitrogens with zero attached hydrogens (tertiary/aromatic N) is 2. The molecule has 4 rings (SSSR count). The number of carbonyl (C=O) groups excluding carboxylic acids is 1. The van der Waals surface area contributed by atoms with Crippen molar-refractivity contribution in [2.75, 3.05) is 49.5 Å². The number of sulfone groups is 1. The fourth-order valence-electron chi connectivity index (χ4n) is 4.86. The maximum absolute atomic E-state index is 13.7. The van der Waals surface area contributed by atoms with E-state index in [1.165, 1.54) is 31.2 Å². The van der Waals surface area contributed by atoms with Crippen molar-refractivity contribution in [3.05, 3.63) is 54.3 Å². The first-order chi connectivity index (χ1) is 15.8. The highest BCUT2D eigenvalue weighted by Gasteiger charge is 2.40. The SMILES string of the molecule is CC(=O)Nc1cccc(N2CCN(C(C3CCNCC3)S(=O)(=O)c3ccc(F)cc3)CC2)c1. The van der Waals surface area contributed by atoms with Gasteiger partial charge in [-0.1, -0.05) is 6.07 Å². The molecule has 1 unspecified atom stereocenters. The molecule has 1 amide bonds. The van der Waals surface area contributed by atoms with Gasteiger partial charge in [0.2, 0.25) is 5.91 Å². The smallest absolute Gasteiger partial charge is 0.221 e. The Balaban J connectivity index is 1.53. The Kier molecular flexibility index (Phi) is 7.31. The molecule has 2 aromatic rings. The third-order valence-electron chi connectivity index (χ3n) is 6.45. The molecule has 2 heterocycles. The summed E-state index contributed by atoms with van der Waals surface area (Å²) < 4.78 is 40.9. The van der Waals surface area contributed by atoms with E-state index in [1.807, 2.05) is 24.3 Å². The molecule has 2 aliphatic heterocycles. The van der Waals surface area contributed by atoms with Crippen molar-refractivity contribution in [2.24, 2.45) is 5.92 Å². The fourth-order valence-corrected chi connectivity index (χ4v) is 7.04. The molecule has 2 aromatic carbocycles. The number of piperazine rings is 1. The molecule has 7 nitrogen and oxygen atoms in total. The molecule has 0 aliphatic carbocycles.